The lowest BCUT2D eigenvalue weighted by Crippen LogP contribution is -2.04. The molecule has 0 aliphatic heterocycles. The third kappa shape index (κ3) is 1.54. The van der Waals surface area contributed by atoms with Crippen LogP contribution in [0.15, 0.2) is 42.5 Å². The van der Waals surface area contributed by atoms with Gasteiger partial charge in [0.2, 0.25) is 0 Å². The molecule has 0 radical (unpaired) electrons. The van der Waals surface area contributed by atoms with Crippen LogP contribution in [0, 0.1) is 0 Å². The van der Waals surface area contributed by atoms with Crippen LogP contribution in [0.1, 0.15) is 24.0 Å². The van der Waals surface area contributed by atoms with Gasteiger partial charge in [-0.2, -0.15) is 0 Å². The van der Waals surface area contributed by atoms with Gasteiger partial charge in [0.25, 0.3) is 0 Å². The van der Waals surface area contributed by atoms with E-state index in [9.17, 15) is 0 Å². The molecule has 0 bridgehead atoms. The van der Waals surface area contributed by atoms with Gasteiger partial charge in [-0.05, 0) is 59.0 Å². The van der Waals surface area contributed by atoms with E-state index in [1.54, 1.807) is 0 Å². The van der Waals surface area contributed by atoms with Crippen molar-refractivity contribution in [3.05, 3.63) is 53.6 Å². The van der Waals surface area contributed by atoms with Crippen LogP contribution in [-0.2, 0) is 12.8 Å². The molecule has 1 aliphatic rings. The molecule has 0 atom stereocenters. The van der Waals surface area contributed by atoms with Gasteiger partial charge in [0.1, 0.15) is 0 Å². The molecular formula is C18H17N. The van der Waals surface area contributed by atoms with E-state index >= 15 is 0 Å². The Labute approximate surface area is 113 Å². The molecule has 2 N–H and O–H groups in total. The molecule has 1 nitrogen and oxygen atoms in total. The molecule has 0 heterocycles. The van der Waals surface area contributed by atoms with Gasteiger partial charge in [0.05, 0.1) is 0 Å². The summed E-state index contributed by atoms with van der Waals surface area (Å²) < 4.78 is 0. The number of fused-ring (bicyclic) bond motifs is 5. The molecule has 0 amide bonds. The molecule has 0 fully saturated rings. The Morgan fingerprint density at radius 1 is 0.842 bits per heavy atom. The van der Waals surface area contributed by atoms with E-state index in [-0.39, 0.29) is 0 Å². The van der Waals surface area contributed by atoms with Crippen molar-refractivity contribution in [3.63, 3.8) is 0 Å². The molecule has 3 aromatic carbocycles. The summed E-state index contributed by atoms with van der Waals surface area (Å²) in [6.07, 6.45) is 4.98. The van der Waals surface area contributed by atoms with E-state index in [4.69, 9.17) is 5.73 Å². The largest absolute Gasteiger partial charge is 0.398 e. The fourth-order valence-corrected chi connectivity index (χ4v) is 3.49. The van der Waals surface area contributed by atoms with Crippen molar-refractivity contribution in [1.82, 2.24) is 0 Å². The summed E-state index contributed by atoms with van der Waals surface area (Å²) in [5.74, 6) is 0. The number of benzene rings is 3. The summed E-state index contributed by atoms with van der Waals surface area (Å²) >= 11 is 0. The predicted octanol–water partition coefficient (Wildman–Crippen LogP) is 4.45. The summed E-state index contributed by atoms with van der Waals surface area (Å²) in [4.78, 5) is 0. The topological polar surface area (TPSA) is 26.0 Å². The van der Waals surface area contributed by atoms with Crippen LogP contribution in [0.3, 0.4) is 0 Å². The number of nitrogens with two attached hydrogens (primary N) is 1. The zero-order valence-electron chi connectivity index (χ0n) is 10.9. The highest BCUT2D eigenvalue weighted by molar-refractivity contribution is 6.13. The van der Waals surface area contributed by atoms with Crippen molar-refractivity contribution in [2.45, 2.75) is 25.7 Å². The van der Waals surface area contributed by atoms with E-state index < -0.39 is 0 Å². The summed E-state index contributed by atoms with van der Waals surface area (Å²) in [6, 6.07) is 15.2. The smallest absolute Gasteiger partial charge is 0.0403 e. The Morgan fingerprint density at radius 3 is 2.63 bits per heavy atom. The highest BCUT2D eigenvalue weighted by Crippen LogP contribution is 2.36. The second kappa shape index (κ2) is 3.99. The Hall–Kier alpha value is -2.02. The second-order valence-electron chi connectivity index (χ2n) is 5.52. The van der Waals surface area contributed by atoms with Crippen LogP contribution < -0.4 is 5.73 Å². The van der Waals surface area contributed by atoms with Crippen molar-refractivity contribution in [2.24, 2.45) is 0 Å². The lowest BCUT2D eigenvalue weighted by Gasteiger charge is -2.20. The second-order valence-corrected chi connectivity index (χ2v) is 5.52. The zero-order valence-corrected chi connectivity index (χ0v) is 10.9. The average Bonchev–Trinajstić information content (AvgIpc) is 2.46. The van der Waals surface area contributed by atoms with Crippen molar-refractivity contribution >= 4 is 27.2 Å². The van der Waals surface area contributed by atoms with E-state index in [1.807, 2.05) is 0 Å². The maximum Gasteiger partial charge on any atom is 0.0403 e. The van der Waals surface area contributed by atoms with Crippen molar-refractivity contribution in [3.8, 4) is 0 Å². The molecule has 19 heavy (non-hydrogen) atoms. The minimum absolute atomic E-state index is 0.937. The van der Waals surface area contributed by atoms with E-state index in [0.29, 0.717) is 0 Å². The third-order valence-corrected chi connectivity index (χ3v) is 4.38. The van der Waals surface area contributed by atoms with Crippen molar-refractivity contribution < 1.29 is 0 Å². The molecule has 0 aromatic heterocycles. The zero-order chi connectivity index (χ0) is 12.8. The number of hydrogen-bond donors (Lipinski definition) is 1. The Balaban J connectivity index is 2.20. The Kier molecular flexibility index (Phi) is 2.28. The Bertz CT molecular complexity index is 786. The minimum Gasteiger partial charge on any atom is -0.398 e. The SMILES string of the molecule is Nc1cc2ccccc2c2ccc3c(c12)CCCC3. The van der Waals surface area contributed by atoms with Crippen LogP contribution in [0.25, 0.3) is 21.5 Å². The van der Waals surface area contributed by atoms with Gasteiger partial charge in [-0.1, -0.05) is 36.4 Å². The lowest BCUT2D eigenvalue weighted by atomic mass is 9.86. The quantitative estimate of drug-likeness (QED) is 0.461. The van der Waals surface area contributed by atoms with E-state index in [0.717, 1.165) is 5.69 Å². The molecule has 3 aromatic rings. The molecule has 0 unspecified atom stereocenters. The normalized spacial score (nSPS) is 14.7. The van der Waals surface area contributed by atoms with Gasteiger partial charge in [-0.15, -0.1) is 0 Å². The first kappa shape index (κ1) is 10.9. The molecule has 0 saturated carbocycles. The van der Waals surface area contributed by atoms with Gasteiger partial charge in [0.15, 0.2) is 0 Å². The van der Waals surface area contributed by atoms with Gasteiger partial charge in [0, 0.05) is 11.1 Å². The van der Waals surface area contributed by atoms with Crippen LogP contribution in [0.5, 0.6) is 0 Å². The number of anilines is 1. The van der Waals surface area contributed by atoms with Crippen LogP contribution in [-0.4, -0.2) is 0 Å². The van der Waals surface area contributed by atoms with Gasteiger partial charge in [-0.25, -0.2) is 0 Å². The van der Waals surface area contributed by atoms with Crippen molar-refractivity contribution in [1.29, 1.82) is 0 Å². The van der Waals surface area contributed by atoms with Crippen molar-refractivity contribution in [2.75, 3.05) is 5.73 Å². The van der Waals surface area contributed by atoms with Gasteiger partial charge < -0.3 is 5.73 Å². The molecule has 94 valence electrons. The maximum absolute atomic E-state index is 6.35. The summed E-state index contributed by atoms with van der Waals surface area (Å²) in [5.41, 5.74) is 10.3. The van der Waals surface area contributed by atoms with Crippen LogP contribution in [0.2, 0.25) is 0 Å². The lowest BCUT2D eigenvalue weighted by molar-refractivity contribution is 0.690. The number of hydrogen-bond acceptors (Lipinski definition) is 1. The maximum atomic E-state index is 6.35. The fraction of sp³-hybridized carbons (Fsp3) is 0.222. The highest BCUT2D eigenvalue weighted by Gasteiger charge is 2.15. The number of rotatable bonds is 0. The number of aryl methyl sites for hydroxylation is 2. The first-order valence-corrected chi connectivity index (χ1v) is 7.06. The van der Waals surface area contributed by atoms with E-state index in [2.05, 4.69) is 42.5 Å². The molecule has 0 saturated heterocycles. The highest BCUT2D eigenvalue weighted by atomic mass is 14.6. The molecule has 4 rings (SSSR count). The van der Waals surface area contributed by atoms with Crippen LogP contribution in [0.4, 0.5) is 5.69 Å². The fourth-order valence-electron chi connectivity index (χ4n) is 3.49. The Morgan fingerprint density at radius 2 is 1.68 bits per heavy atom. The molecular weight excluding hydrogens is 230 g/mol. The average molecular weight is 247 g/mol. The summed E-state index contributed by atoms with van der Waals surface area (Å²) in [5, 5.41) is 5.18. The van der Waals surface area contributed by atoms with Crippen LogP contribution >= 0.6 is 0 Å². The predicted molar refractivity (Wildman–Crippen MR) is 82.5 cm³/mol. The summed E-state index contributed by atoms with van der Waals surface area (Å²) in [6.45, 7) is 0. The first-order valence-electron chi connectivity index (χ1n) is 7.06. The van der Waals surface area contributed by atoms with Gasteiger partial charge >= 0.3 is 0 Å². The monoisotopic (exact) mass is 247 g/mol. The molecule has 1 aliphatic carbocycles. The number of nitrogen functional groups attached to an aromatic ring is 1. The standard InChI is InChI=1S/C18H17N/c19-17-11-13-6-2-3-7-14(13)16-10-9-12-5-1-4-8-15(12)18(16)17/h2-3,6-7,9-11H,1,4-5,8,19H2. The molecule has 0 spiro atoms. The first-order chi connectivity index (χ1) is 9.34. The third-order valence-electron chi connectivity index (χ3n) is 4.38. The minimum atomic E-state index is 0.937. The molecule has 1 heteroatoms. The van der Waals surface area contributed by atoms with Gasteiger partial charge in [-0.3, -0.25) is 0 Å². The summed E-state index contributed by atoms with van der Waals surface area (Å²) in [7, 11) is 0. The van der Waals surface area contributed by atoms with E-state index in [1.165, 1.54) is 58.4 Å².